The fourth-order valence-corrected chi connectivity index (χ4v) is 2.51. The molecule has 2 rings (SSSR count). The van der Waals surface area contributed by atoms with Crippen LogP contribution in [-0.4, -0.2) is 53.6 Å². The average molecular weight is 293 g/mol. The van der Waals surface area contributed by atoms with Gasteiger partial charge in [-0.1, -0.05) is 0 Å². The molecule has 1 saturated heterocycles. The first-order chi connectivity index (χ1) is 10.0. The average Bonchev–Trinajstić information content (AvgIpc) is 2.47. The molecule has 1 aliphatic rings. The highest BCUT2D eigenvalue weighted by Gasteiger charge is 2.22. The smallest absolute Gasteiger partial charge is 0.276 e. The third-order valence-electron chi connectivity index (χ3n) is 3.73. The molecule has 21 heavy (non-hydrogen) atoms. The van der Waals surface area contributed by atoms with Gasteiger partial charge in [0.1, 0.15) is 11.6 Å². The van der Waals surface area contributed by atoms with Crippen LogP contribution in [0, 0.1) is 10.1 Å². The van der Waals surface area contributed by atoms with Gasteiger partial charge in [-0.25, -0.2) is 4.98 Å². The highest BCUT2D eigenvalue weighted by Crippen LogP contribution is 2.24. The molecule has 0 bridgehead atoms. The Morgan fingerprint density at radius 1 is 1.33 bits per heavy atom. The van der Waals surface area contributed by atoms with Crippen molar-refractivity contribution in [1.29, 1.82) is 0 Å². The highest BCUT2D eigenvalue weighted by molar-refractivity contribution is 5.56. The van der Waals surface area contributed by atoms with Gasteiger partial charge in [-0.05, 0) is 20.8 Å². The zero-order valence-corrected chi connectivity index (χ0v) is 12.9. The summed E-state index contributed by atoms with van der Waals surface area (Å²) in [5.74, 6) is 1.25. The van der Waals surface area contributed by atoms with Crippen LogP contribution >= 0.6 is 0 Å². The lowest BCUT2D eigenvalue weighted by Crippen LogP contribution is -2.49. The Labute approximate surface area is 125 Å². The van der Waals surface area contributed by atoms with Gasteiger partial charge in [0, 0.05) is 38.8 Å². The summed E-state index contributed by atoms with van der Waals surface area (Å²) in [6, 6.07) is 3.58. The van der Waals surface area contributed by atoms with E-state index in [9.17, 15) is 10.1 Å². The highest BCUT2D eigenvalue weighted by atomic mass is 16.6. The Morgan fingerprint density at radius 3 is 2.52 bits per heavy atom. The number of rotatable bonds is 5. The number of nitro groups is 1. The van der Waals surface area contributed by atoms with Crippen molar-refractivity contribution in [2.75, 3.05) is 42.9 Å². The van der Waals surface area contributed by atoms with Crippen molar-refractivity contribution in [3.8, 4) is 0 Å². The topological polar surface area (TPSA) is 74.5 Å². The quantitative estimate of drug-likeness (QED) is 0.660. The van der Waals surface area contributed by atoms with E-state index in [0.29, 0.717) is 24.2 Å². The van der Waals surface area contributed by atoms with E-state index in [1.807, 2.05) is 6.92 Å². The molecule has 7 nitrogen and oxygen atoms in total. The number of nitrogens with one attached hydrogen (secondary N) is 1. The molecular weight excluding hydrogens is 270 g/mol. The minimum Gasteiger partial charge on any atom is -0.370 e. The summed E-state index contributed by atoms with van der Waals surface area (Å²) in [6.45, 7) is 10.6. The number of anilines is 2. The fourth-order valence-electron chi connectivity index (χ4n) is 2.51. The van der Waals surface area contributed by atoms with Crippen molar-refractivity contribution < 1.29 is 4.92 Å². The molecule has 116 valence electrons. The molecule has 0 aliphatic carbocycles. The number of hydrogen-bond acceptors (Lipinski definition) is 6. The minimum atomic E-state index is -0.365. The van der Waals surface area contributed by atoms with Gasteiger partial charge in [0.15, 0.2) is 0 Å². The minimum absolute atomic E-state index is 0.0854. The van der Waals surface area contributed by atoms with Crippen molar-refractivity contribution >= 4 is 17.3 Å². The summed E-state index contributed by atoms with van der Waals surface area (Å²) in [7, 11) is 0. The maximum Gasteiger partial charge on any atom is 0.276 e. The van der Waals surface area contributed by atoms with Crippen LogP contribution in [-0.2, 0) is 0 Å². The Hall–Kier alpha value is -1.89. The Morgan fingerprint density at radius 2 is 2.00 bits per heavy atom. The van der Waals surface area contributed by atoms with Gasteiger partial charge in [0.25, 0.3) is 5.69 Å². The Kier molecular flexibility index (Phi) is 4.95. The number of hydrogen-bond donors (Lipinski definition) is 1. The Balaban J connectivity index is 2.17. The summed E-state index contributed by atoms with van der Waals surface area (Å²) in [5, 5.41) is 14.1. The molecule has 0 spiro atoms. The van der Waals surface area contributed by atoms with Gasteiger partial charge in [0.2, 0.25) is 0 Å². The first kappa shape index (κ1) is 15.5. The molecular formula is C14H23N5O2. The number of pyridine rings is 1. The van der Waals surface area contributed by atoms with Gasteiger partial charge < -0.3 is 10.2 Å². The van der Waals surface area contributed by atoms with E-state index in [1.165, 1.54) is 6.07 Å². The third kappa shape index (κ3) is 3.81. The molecule has 7 heteroatoms. The fraction of sp³-hybridized carbons (Fsp3) is 0.643. The third-order valence-corrected chi connectivity index (χ3v) is 3.73. The second kappa shape index (κ2) is 6.71. The molecule has 1 aromatic heterocycles. The van der Waals surface area contributed by atoms with Gasteiger partial charge in [-0.15, -0.1) is 0 Å². The summed E-state index contributed by atoms with van der Waals surface area (Å²) < 4.78 is 0. The van der Waals surface area contributed by atoms with Gasteiger partial charge >= 0.3 is 0 Å². The number of nitrogens with zero attached hydrogens (tertiary/aromatic N) is 4. The van der Waals surface area contributed by atoms with Crippen LogP contribution in [0.3, 0.4) is 0 Å². The van der Waals surface area contributed by atoms with Gasteiger partial charge in [-0.3, -0.25) is 15.0 Å². The van der Waals surface area contributed by atoms with Gasteiger partial charge in [0.05, 0.1) is 17.1 Å². The molecule has 1 N–H and O–H groups in total. The predicted molar refractivity (Wildman–Crippen MR) is 84.0 cm³/mol. The Bertz CT molecular complexity index is 498. The van der Waals surface area contributed by atoms with Crippen molar-refractivity contribution in [2.45, 2.75) is 26.8 Å². The van der Waals surface area contributed by atoms with Crippen LogP contribution in [0.25, 0.3) is 0 Å². The van der Waals surface area contributed by atoms with Crippen molar-refractivity contribution in [1.82, 2.24) is 9.88 Å². The molecule has 0 aromatic carbocycles. The summed E-state index contributed by atoms with van der Waals surface area (Å²) in [4.78, 5) is 19.7. The molecule has 1 aliphatic heterocycles. The second-order valence-corrected chi connectivity index (χ2v) is 5.47. The second-order valence-electron chi connectivity index (χ2n) is 5.47. The van der Waals surface area contributed by atoms with E-state index >= 15 is 0 Å². The maximum absolute atomic E-state index is 11.1. The predicted octanol–water partition coefficient (Wildman–Crippen LogP) is 1.95. The van der Waals surface area contributed by atoms with E-state index in [1.54, 1.807) is 6.07 Å². The summed E-state index contributed by atoms with van der Waals surface area (Å²) in [5.41, 5.74) is 0.0854. The standard InChI is InChI=1S/C14H23N5O2/c1-4-15-13-9-12(19(20)21)10-14(16-13)18-7-5-17(6-8-18)11(2)3/h9-11H,4-8H2,1-3H3,(H,15,16). The van der Waals surface area contributed by atoms with Crippen LogP contribution in [0.15, 0.2) is 12.1 Å². The van der Waals surface area contributed by atoms with Crippen molar-refractivity contribution in [2.24, 2.45) is 0 Å². The van der Waals surface area contributed by atoms with Crippen LogP contribution in [0.4, 0.5) is 17.3 Å². The van der Waals surface area contributed by atoms with Crippen LogP contribution in [0.1, 0.15) is 20.8 Å². The summed E-state index contributed by atoms with van der Waals surface area (Å²) in [6.07, 6.45) is 0. The van der Waals surface area contributed by atoms with Crippen LogP contribution in [0.5, 0.6) is 0 Å². The van der Waals surface area contributed by atoms with Crippen molar-refractivity contribution in [3.05, 3.63) is 22.2 Å². The largest absolute Gasteiger partial charge is 0.370 e. The first-order valence-electron chi connectivity index (χ1n) is 7.40. The first-order valence-corrected chi connectivity index (χ1v) is 7.40. The van der Waals surface area contributed by atoms with E-state index in [-0.39, 0.29) is 10.6 Å². The van der Waals surface area contributed by atoms with Gasteiger partial charge in [-0.2, -0.15) is 0 Å². The molecule has 0 saturated carbocycles. The molecule has 2 heterocycles. The number of aromatic nitrogens is 1. The van der Waals surface area contributed by atoms with Crippen LogP contribution in [0.2, 0.25) is 0 Å². The molecule has 0 atom stereocenters. The zero-order chi connectivity index (χ0) is 15.4. The molecule has 0 unspecified atom stereocenters. The lowest BCUT2D eigenvalue weighted by Gasteiger charge is -2.37. The SMILES string of the molecule is CCNc1cc([N+](=O)[O-])cc(N2CCN(C(C)C)CC2)n1. The molecule has 1 aromatic rings. The monoisotopic (exact) mass is 293 g/mol. The molecule has 0 radical (unpaired) electrons. The zero-order valence-electron chi connectivity index (χ0n) is 12.9. The lowest BCUT2D eigenvalue weighted by atomic mass is 10.2. The van der Waals surface area contributed by atoms with Crippen LogP contribution < -0.4 is 10.2 Å². The number of piperazine rings is 1. The summed E-state index contributed by atoms with van der Waals surface area (Å²) >= 11 is 0. The van der Waals surface area contributed by atoms with E-state index in [0.717, 1.165) is 26.2 Å². The molecule has 0 amide bonds. The van der Waals surface area contributed by atoms with E-state index in [4.69, 9.17) is 0 Å². The van der Waals surface area contributed by atoms with Crippen molar-refractivity contribution in [3.63, 3.8) is 0 Å². The van der Waals surface area contributed by atoms with E-state index < -0.39 is 0 Å². The normalized spacial score (nSPS) is 16.3. The maximum atomic E-state index is 11.1. The molecule has 1 fully saturated rings. The lowest BCUT2D eigenvalue weighted by molar-refractivity contribution is -0.384. The van der Waals surface area contributed by atoms with E-state index in [2.05, 4.69) is 33.9 Å².